The van der Waals surface area contributed by atoms with Crippen molar-refractivity contribution in [1.82, 2.24) is 9.21 Å². The predicted molar refractivity (Wildman–Crippen MR) is 79.2 cm³/mol. The van der Waals surface area contributed by atoms with Crippen LogP contribution < -0.4 is 5.73 Å². The maximum absolute atomic E-state index is 12.6. The molecular formula is C13H18ClN3O2S. The molecule has 5 nitrogen and oxygen atoms in total. The van der Waals surface area contributed by atoms with Crippen LogP contribution in [0.2, 0.25) is 5.02 Å². The Labute approximate surface area is 124 Å². The van der Waals surface area contributed by atoms with E-state index in [1.807, 2.05) is 0 Å². The standard InChI is InChI=1S/C13H18ClN3O2S/c14-12-8-11(3-4-13(12)15)20(18,19)17-7-6-16-5-1-2-10(16)9-17/h3-4,8,10H,1-2,5-7,9,15H2. The summed E-state index contributed by atoms with van der Waals surface area (Å²) in [6.07, 6.45) is 2.24. The van der Waals surface area contributed by atoms with Crippen molar-refractivity contribution in [2.75, 3.05) is 31.9 Å². The molecule has 0 bridgehead atoms. The Bertz CT molecular complexity index is 620. The summed E-state index contributed by atoms with van der Waals surface area (Å²) >= 11 is 5.93. The summed E-state index contributed by atoms with van der Waals surface area (Å²) in [6, 6.07) is 4.87. The molecule has 2 fully saturated rings. The van der Waals surface area contributed by atoms with Crippen molar-refractivity contribution in [2.45, 2.75) is 23.8 Å². The SMILES string of the molecule is Nc1ccc(S(=O)(=O)N2CCN3CCCC3C2)cc1Cl. The molecule has 1 aromatic carbocycles. The summed E-state index contributed by atoms with van der Waals surface area (Å²) in [5.74, 6) is 0. The Kier molecular flexibility index (Phi) is 3.66. The fourth-order valence-corrected chi connectivity index (χ4v) is 4.74. The largest absolute Gasteiger partial charge is 0.398 e. The summed E-state index contributed by atoms with van der Waals surface area (Å²) in [5, 5.41) is 0.283. The van der Waals surface area contributed by atoms with Crippen LogP contribution in [-0.4, -0.2) is 49.8 Å². The number of piperazine rings is 1. The first-order chi connectivity index (χ1) is 9.48. The van der Waals surface area contributed by atoms with Crippen molar-refractivity contribution in [2.24, 2.45) is 0 Å². The van der Waals surface area contributed by atoms with Crippen LogP contribution >= 0.6 is 11.6 Å². The van der Waals surface area contributed by atoms with Gasteiger partial charge in [-0.3, -0.25) is 4.90 Å². The Morgan fingerprint density at radius 2 is 2.05 bits per heavy atom. The molecule has 0 aliphatic carbocycles. The van der Waals surface area contributed by atoms with Gasteiger partial charge in [-0.1, -0.05) is 11.6 Å². The van der Waals surface area contributed by atoms with E-state index in [9.17, 15) is 8.42 Å². The molecule has 1 aromatic rings. The molecule has 0 radical (unpaired) electrons. The number of hydrogen-bond donors (Lipinski definition) is 1. The van der Waals surface area contributed by atoms with Gasteiger partial charge in [-0.15, -0.1) is 0 Å². The van der Waals surface area contributed by atoms with Gasteiger partial charge in [0.1, 0.15) is 0 Å². The number of sulfonamides is 1. The molecule has 0 spiro atoms. The maximum atomic E-state index is 12.6. The topological polar surface area (TPSA) is 66.6 Å². The van der Waals surface area contributed by atoms with Gasteiger partial charge in [0.25, 0.3) is 0 Å². The molecule has 20 heavy (non-hydrogen) atoms. The van der Waals surface area contributed by atoms with Crippen LogP contribution in [0.1, 0.15) is 12.8 Å². The smallest absolute Gasteiger partial charge is 0.243 e. The van der Waals surface area contributed by atoms with Gasteiger partial charge in [-0.05, 0) is 37.6 Å². The molecule has 1 atom stereocenters. The average molecular weight is 316 g/mol. The van der Waals surface area contributed by atoms with Crippen LogP contribution in [0.5, 0.6) is 0 Å². The summed E-state index contributed by atoms with van der Waals surface area (Å²) in [6.45, 7) is 3.02. The molecule has 3 rings (SSSR count). The van der Waals surface area contributed by atoms with E-state index in [1.165, 1.54) is 12.1 Å². The lowest BCUT2D eigenvalue weighted by atomic mass is 10.2. The van der Waals surface area contributed by atoms with Crippen molar-refractivity contribution < 1.29 is 8.42 Å². The molecule has 7 heteroatoms. The van der Waals surface area contributed by atoms with Gasteiger partial charge in [-0.25, -0.2) is 8.42 Å². The molecule has 0 amide bonds. The van der Waals surface area contributed by atoms with Crippen LogP contribution in [0.3, 0.4) is 0 Å². The summed E-state index contributed by atoms with van der Waals surface area (Å²) in [7, 11) is -3.47. The minimum absolute atomic E-state index is 0.225. The van der Waals surface area contributed by atoms with Gasteiger partial charge in [0.2, 0.25) is 10.0 Å². The minimum Gasteiger partial charge on any atom is -0.398 e. The molecular weight excluding hydrogens is 298 g/mol. The molecule has 0 saturated carbocycles. The molecule has 2 saturated heterocycles. The zero-order valence-electron chi connectivity index (χ0n) is 11.1. The number of nitrogens with two attached hydrogens (primary N) is 1. The van der Waals surface area contributed by atoms with Crippen LogP contribution in [0.15, 0.2) is 23.1 Å². The molecule has 2 aliphatic heterocycles. The average Bonchev–Trinajstić information content (AvgIpc) is 2.89. The van der Waals surface area contributed by atoms with Crippen molar-refractivity contribution in [1.29, 1.82) is 0 Å². The van der Waals surface area contributed by atoms with E-state index >= 15 is 0 Å². The number of rotatable bonds is 2. The second-order valence-corrected chi connectivity index (χ2v) is 7.72. The van der Waals surface area contributed by atoms with E-state index in [0.29, 0.717) is 24.8 Å². The molecule has 2 aliphatic rings. The number of halogens is 1. The second-order valence-electron chi connectivity index (χ2n) is 5.38. The maximum Gasteiger partial charge on any atom is 0.243 e. The lowest BCUT2D eigenvalue weighted by molar-refractivity contribution is 0.158. The van der Waals surface area contributed by atoms with E-state index < -0.39 is 10.0 Å². The highest BCUT2D eigenvalue weighted by atomic mass is 35.5. The summed E-state index contributed by atoms with van der Waals surface area (Å²) < 4.78 is 26.9. The zero-order chi connectivity index (χ0) is 14.3. The highest BCUT2D eigenvalue weighted by molar-refractivity contribution is 7.89. The number of anilines is 1. The van der Waals surface area contributed by atoms with Gasteiger partial charge < -0.3 is 5.73 Å². The van der Waals surface area contributed by atoms with E-state index in [1.54, 1.807) is 10.4 Å². The highest BCUT2D eigenvalue weighted by Crippen LogP contribution is 2.28. The quantitative estimate of drug-likeness (QED) is 0.838. The summed E-state index contributed by atoms with van der Waals surface area (Å²) in [5.41, 5.74) is 6.03. The van der Waals surface area contributed by atoms with E-state index in [2.05, 4.69) is 4.90 Å². The van der Waals surface area contributed by atoms with E-state index in [-0.39, 0.29) is 9.92 Å². The van der Waals surface area contributed by atoms with Crippen LogP contribution in [0, 0.1) is 0 Å². The van der Waals surface area contributed by atoms with Gasteiger partial charge in [0.05, 0.1) is 15.6 Å². The van der Waals surface area contributed by atoms with Crippen LogP contribution in [0.4, 0.5) is 5.69 Å². The molecule has 110 valence electrons. The lowest BCUT2D eigenvalue weighted by Crippen LogP contribution is -2.51. The monoisotopic (exact) mass is 315 g/mol. The fraction of sp³-hybridized carbons (Fsp3) is 0.538. The second kappa shape index (κ2) is 5.18. The van der Waals surface area contributed by atoms with Crippen molar-refractivity contribution in [3.8, 4) is 0 Å². The minimum atomic E-state index is -3.47. The van der Waals surface area contributed by atoms with Gasteiger partial charge >= 0.3 is 0 Å². The van der Waals surface area contributed by atoms with Crippen molar-refractivity contribution >= 4 is 27.3 Å². The molecule has 2 N–H and O–H groups in total. The third-order valence-electron chi connectivity index (χ3n) is 4.16. The third kappa shape index (κ3) is 2.41. The number of benzene rings is 1. The fourth-order valence-electron chi connectivity index (χ4n) is 3.00. The first kappa shape index (κ1) is 14.1. The zero-order valence-corrected chi connectivity index (χ0v) is 12.7. The number of nitrogen functional groups attached to an aromatic ring is 1. The molecule has 1 unspecified atom stereocenters. The Morgan fingerprint density at radius 3 is 2.80 bits per heavy atom. The molecule has 2 heterocycles. The van der Waals surface area contributed by atoms with Crippen LogP contribution in [0.25, 0.3) is 0 Å². The predicted octanol–water partition coefficient (Wildman–Crippen LogP) is 1.39. The summed E-state index contributed by atoms with van der Waals surface area (Å²) in [4.78, 5) is 2.60. The first-order valence-corrected chi connectivity index (χ1v) is 8.59. The highest BCUT2D eigenvalue weighted by Gasteiger charge is 2.36. The third-order valence-corrected chi connectivity index (χ3v) is 6.35. The Morgan fingerprint density at radius 1 is 1.25 bits per heavy atom. The number of nitrogens with zero attached hydrogens (tertiary/aromatic N) is 2. The van der Waals surface area contributed by atoms with Crippen molar-refractivity contribution in [3.05, 3.63) is 23.2 Å². The van der Waals surface area contributed by atoms with Gasteiger partial charge in [-0.2, -0.15) is 4.31 Å². The molecule has 0 aromatic heterocycles. The first-order valence-electron chi connectivity index (χ1n) is 6.78. The lowest BCUT2D eigenvalue weighted by Gasteiger charge is -2.36. The normalized spacial score (nSPS) is 24.8. The van der Waals surface area contributed by atoms with E-state index in [4.69, 9.17) is 17.3 Å². The Balaban J connectivity index is 1.86. The van der Waals surface area contributed by atoms with E-state index in [0.717, 1.165) is 25.9 Å². The van der Waals surface area contributed by atoms with Crippen molar-refractivity contribution in [3.63, 3.8) is 0 Å². The van der Waals surface area contributed by atoms with Gasteiger partial charge in [0.15, 0.2) is 0 Å². The van der Waals surface area contributed by atoms with Gasteiger partial charge in [0, 0.05) is 25.7 Å². The number of fused-ring (bicyclic) bond motifs is 1. The number of hydrogen-bond acceptors (Lipinski definition) is 4. The van der Waals surface area contributed by atoms with Crippen LogP contribution in [-0.2, 0) is 10.0 Å². The Hall–Kier alpha value is -0.820.